The van der Waals surface area contributed by atoms with Crippen molar-refractivity contribution in [2.24, 2.45) is 0 Å². The van der Waals surface area contributed by atoms with Crippen molar-refractivity contribution in [1.29, 1.82) is 0 Å². The largest absolute Gasteiger partial charge is 0.394 e. The van der Waals surface area contributed by atoms with Crippen LogP contribution in [-0.4, -0.2) is 29.3 Å². The molecule has 0 bridgehead atoms. The molecule has 1 aromatic rings. The third-order valence-corrected chi connectivity index (χ3v) is 3.14. The van der Waals surface area contributed by atoms with E-state index in [4.69, 9.17) is 11.6 Å². The fourth-order valence-corrected chi connectivity index (χ4v) is 2.29. The first-order valence-electron chi connectivity index (χ1n) is 5.31. The summed E-state index contributed by atoms with van der Waals surface area (Å²) in [6, 6.07) is 3.84. The molecule has 1 N–H and O–H groups in total. The van der Waals surface area contributed by atoms with Gasteiger partial charge < -0.3 is 10.0 Å². The number of aliphatic hydroxyl groups is 1. The summed E-state index contributed by atoms with van der Waals surface area (Å²) in [7, 11) is 0. The predicted molar refractivity (Wildman–Crippen MR) is 61.3 cm³/mol. The van der Waals surface area contributed by atoms with Gasteiger partial charge >= 0.3 is 0 Å². The monoisotopic (exact) mass is 226 g/mol. The van der Waals surface area contributed by atoms with Crippen LogP contribution in [0.2, 0.25) is 5.02 Å². The summed E-state index contributed by atoms with van der Waals surface area (Å²) in [5.74, 6) is 0.804. The Morgan fingerprint density at radius 1 is 1.53 bits per heavy atom. The molecule has 0 saturated carbocycles. The van der Waals surface area contributed by atoms with Crippen LogP contribution >= 0.6 is 11.6 Å². The first-order valence-corrected chi connectivity index (χ1v) is 5.68. The van der Waals surface area contributed by atoms with Crippen LogP contribution in [0.25, 0.3) is 0 Å². The van der Waals surface area contributed by atoms with Crippen molar-refractivity contribution >= 4 is 17.4 Å². The molecular weight excluding hydrogens is 212 g/mol. The Labute approximate surface area is 94.7 Å². The Bertz CT molecular complexity index is 332. The van der Waals surface area contributed by atoms with E-state index in [2.05, 4.69) is 9.88 Å². The summed E-state index contributed by atoms with van der Waals surface area (Å²) in [4.78, 5) is 6.40. The summed E-state index contributed by atoms with van der Waals surface area (Å²) in [6.07, 6.45) is 5.07. The zero-order chi connectivity index (χ0) is 10.7. The number of pyridine rings is 1. The standard InChI is InChI=1S/C11H15ClN2O/c12-10-5-3-6-13-11(10)14-7-2-1-4-9(14)8-15/h3,5-6,9,15H,1-2,4,7-8H2. The molecule has 3 nitrogen and oxygen atoms in total. The van der Waals surface area contributed by atoms with Crippen molar-refractivity contribution in [3.63, 3.8) is 0 Å². The number of halogens is 1. The molecule has 0 spiro atoms. The molecular formula is C11H15ClN2O. The lowest BCUT2D eigenvalue weighted by Crippen LogP contribution is -2.42. The molecule has 82 valence electrons. The third-order valence-electron chi connectivity index (χ3n) is 2.85. The van der Waals surface area contributed by atoms with E-state index in [1.165, 1.54) is 6.42 Å². The van der Waals surface area contributed by atoms with Crippen molar-refractivity contribution in [2.75, 3.05) is 18.1 Å². The Kier molecular flexibility index (Phi) is 3.44. The van der Waals surface area contributed by atoms with Gasteiger partial charge in [0.05, 0.1) is 17.7 Å². The molecule has 1 aromatic heterocycles. The van der Waals surface area contributed by atoms with Crippen molar-refractivity contribution in [2.45, 2.75) is 25.3 Å². The molecule has 0 aliphatic carbocycles. The summed E-state index contributed by atoms with van der Waals surface area (Å²) >= 11 is 6.09. The van der Waals surface area contributed by atoms with Crippen LogP contribution in [0.4, 0.5) is 5.82 Å². The number of hydrogen-bond donors (Lipinski definition) is 1. The normalized spacial score (nSPS) is 21.7. The molecule has 0 aromatic carbocycles. The van der Waals surface area contributed by atoms with Gasteiger partial charge in [0.2, 0.25) is 0 Å². The van der Waals surface area contributed by atoms with E-state index in [1.807, 2.05) is 12.1 Å². The number of hydrogen-bond acceptors (Lipinski definition) is 3. The van der Waals surface area contributed by atoms with Crippen molar-refractivity contribution in [1.82, 2.24) is 4.98 Å². The van der Waals surface area contributed by atoms with Gasteiger partial charge in [0, 0.05) is 12.7 Å². The van der Waals surface area contributed by atoms with Crippen LogP contribution in [0, 0.1) is 0 Å². The molecule has 1 fully saturated rings. The Morgan fingerprint density at radius 2 is 2.40 bits per heavy atom. The smallest absolute Gasteiger partial charge is 0.147 e. The van der Waals surface area contributed by atoms with E-state index in [1.54, 1.807) is 6.20 Å². The minimum absolute atomic E-state index is 0.172. The second-order valence-corrected chi connectivity index (χ2v) is 4.24. The average Bonchev–Trinajstić information content (AvgIpc) is 2.30. The minimum Gasteiger partial charge on any atom is -0.394 e. The molecule has 0 radical (unpaired) electrons. The average molecular weight is 227 g/mol. The van der Waals surface area contributed by atoms with E-state index in [0.29, 0.717) is 5.02 Å². The van der Waals surface area contributed by atoms with Crippen molar-refractivity contribution in [3.05, 3.63) is 23.4 Å². The van der Waals surface area contributed by atoms with E-state index in [0.717, 1.165) is 25.2 Å². The highest BCUT2D eigenvalue weighted by Crippen LogP contribution is 2.28. The van der Waals surface area contributed by atoms with E-state index in [9.17, 15) is 5.11 Å². The molecule has 4 heteroatoms. The lowest BCUT2D eigenvalue weighted by atomic mass is 10.0. The highest BCUT2D eigenvalue weighted by Gasteiger charge is 2.24. The molecule has 1 unspecified atom stereocenters. The first kappa shape index (κ1) is 10.7. The Hall–Kier alpha value is -0.800. The minimum atomic E-state index is 0.172. The maximum absolute atomic E-state index is 9.30. The van der Waals surface area contributed by atoms with Crippen molar-refractivity contribution < 1.29 is 5.11 Å². The van der Waals surface area contributed by atoms with E-state index >= 15 is 0 Å². The van der Waals surface area contributed by atoms with Gasteiger partial charge in [-0.3, -0.25) is 0 Å². The lowest BCUT2D eigenvalue weighted by molar-refractivity contribution is 0.239. The number of piperidine rings is 1. The summed E-state index contributed by atoms with van der Waals surface area (Å²) in [5, 5.41) is 9.97. The van der Waals surface area contributed by atoms with Crippen LogP contribution in [0.1, 0.15) is 19.3 Å². The zero-order valence-corrected chi connectivity index (χ0v) is 9.32. The maximum atomic E-state index is 9.30. The van der Waals surface area contributed by atoms with Crippen LogP contribution < -0.4 is 4.90 Å². The SMILES string of the molecule is OCC1CCCCN1c1ncccc1Cl. The summed E-state index contributed by atoms with van der Waals surface area (Å²) < 4.78 is 0. The van der Waals surface area contributed by atoms with Gasteiger partial charge in [-0.25, -0.2) is 4.98 Å². The van der Waals surface area contributed by atoms with Gasteiger partial charge in [-0.2, -0.15) is 0 Å². The van der Waals surface area contributed by atoms with Crippen LogP contribution in [0.5, 0.6) is 0 Å². The lowest BCUT2D eigenvalue weighted by Gasteiger charge is -2.35. The molecule has 15 heavy (non-hydrogen) atoms. The van der Waals surface area contributed by atoms with Gasteiger partial charge in [-0.15, -0.1) is 0 Å². The first-order chi connectivity index (χ1) is 7.33. The van der Waals surface area contributed by atoms with E-state index < -0.39 is 0 Å². The molecule has 2 rings (SSSR count). The fourth-order valence-electron chi connectivity index (χ4n) is 2.06. The molecule has 1 saturated heterocycles. The second-order valence-electron chi connectivity index (χ2n) is 3.83. The van der Waals surface area contributed by atoms with Crippen LogP contribution in [-0.2, 0) is 0 Å². The number of aliphatic hydroxyl groups excluding tert-OH is 1. The van der Waals surface area contributed by atoms with E-state index in [-0.39, 0.29) is 12.6 Å². The van der Waals surface area contributed by atoms with Crippen LogP contribution in [0.3, 0.4) is 0 Å². The molecule has 1 aliphatic rings. The number of rotatable bonds is 2. The Morgan fingerprint density at radius 3 is 3.13 bits per heavy atom. The molecule has 2 heterocycles. The highest BCUT2D eigenvalue weighted by atomic mass is 35.5. The maximum Gasteiger partial charge on any atom is 0.147 e. The predicted octanol–water partition coefficient (Wildman–Crippen LogP) is 2.09. The number of anilines is 1. The zero-order valence-electron chi connectivity index (χ0n) is 8.56. The number of aromatic nitrogens is 1. The van der Waals surface area contributed by atoms with Gasteiger partial charge in [0.1, 0.15) is 5.82 Å². The highest BCUT2D eigenvalue weighted by molar-refractivity contribution is 6.32. The molecule has 1 atom stereocenters. The quantitative estimate of drug-likeness (QED) is 0.839. The second kappa shape index (κ2) is 4.81. The summed E-state index contributed by atoms with van der Waals surface area (Å²) in [5.41, 5.74) is 0. The van der Waals surface area contributed by atoms with Gasteiger partial charge in [-0.1, -0.05) is 11.6 Å². The van der Waals surface area contributed by atoms with Gasteiger partial charge in [0.15, 0.2) is 0 Å². The van der Waals surface area contributed by atoms with Gasteiger partial charge in [0.25, 0.3) is 0 Å². The summed E-state index contributed by atoms with van der Waals surface area (Å²) in [6.45, 7) is 1.11. The van der Waals surface area contributed by atoms with Gasteiger partial charge in [-0.05, 0) is 31.4 Å². The Balaban J connectivity index is 2.24. The topological polar surface area (TPSA) is 36.4 Å². The van der Waals surface area contributed by atoms with Crippen LogP contribution in [0.15, 0.2) is 18.3 Å². The number of nitrogens with zero attached hydrogens (tertiary/aromatic N) is 2. The fraction of sp³-hybridized carbons (Fsp3) is 0.545. The molecule has 0 amide bonds. The van der Waals surface area contributed by atoms with Crippen molar-refractivity contribution in [3.8, 4) is 0 Å². The third kappa shape index (κ3) is 2.24. The molecule has 1 aliphatic heterocycles.